The van der Waals surface area contributed by atoms with Crippen molar-refractivity contribution in [2.24, 2.45) is 0 Å². The van der Waals surface area contributed by atoms with Crippen LogP contribution in [0, 0.1) is 6.92 Å². The number of hydrogen-bond donors (Lipinski definition) is 1. The Morgan fingerprint density at radius 1 is 1.43 bits per heavy atom. The molecule has 0 aliphatic heterocycles. The Morgan fingerprint density at radius 3 is 2.64 bits per heavy atom. The summed E-state index contributed by atoms with van der Waals surface area (Å²) in [5.74, 6) is 1.05. The molecule has 0 radical (unpaired) electrons. The van der Waals surface area contributed by atoms with Crippen molar-refractivity contribution in [1.82, 2.24) is 5.32 Å². The van der Waals surface area contributed by atoms with Gasteiger partial charge in [0.1, 0.15) is 5.76 Å². The molecule has 14 heavy (non-hydrogen) atoms. The Labute approximate surface area is 86.7 Å². The van der Waals surface area contributed by atoms with Gasteiger partial charge in [-0.3, -0.25) is 0 Å². The van der Waals surface area contributed by atoms with E-state index in [1.807, 2.05) is 6.07 Å². The van der Waals surface area contributed by atoms with Crippen LogP contribution in [0.5, 0.6) is 0 Å². The lowest BCUT2D eigenvalue weighted by Crippen LogP contribution is -2.38. The summed E-state index contributed by atoms with van der Waals surface area (Å²) in [4.78, 5) is 0. The average Bonchev–Trinajstić information content (AvgIpc) is 2.48. The maximum atomic E-state index is 5.38. The van der Waals surface area contributed by atoms with Crippen LogP contribution < -0.4 is 5.32 Å². The Bertz CT molecular complexity index is 276. The van der Waals surface area contributed by atoms with Crippen molar-refractivity contribution < 1.29 is 4.42 Å². The predicted octanol–water partition coefficient (Wildman–Crippen LogP) is 3.26. The first-order valence-electron chi connectivity index (χ1n) is 5.33. The van der Waals surface area contributed by atoms with Gasteiger partial charge in [0.15, 0.2) is 0 Å². The third-order valence-corrected chi connectivity index (χ3v) is 2.57. The molecule has 80 valence electrons. The van der Waals surface area contributed by atoms with Crippen LogP contribution in [-0.4, -0.2) is 5.54 Å². The van der Waals surface area contributed by atoms with Crippen LogP contribution in [0.3, 0.4) is 0 Å². The number of nitrogens with one attached hydrogen (secondary N) is 1. The van der Waals surface area contributed by atoms with E-state index in [-0.39, 0.29) is 5.54 Å². The van der Waals surface area contributed by atoms with Crippen molar-refractivity contribution in [3.05, 3.63) is 23.7 Å². The van der Waals surface area contributed by atoms with E-state index in [0.717, 1.165) is 12.3 Å². The SMILES string of the molecule is CCCC(C)(C)NCc1occc1C. The summed E-state index contributed by atoms with van der Waals surface area (Å²) < 4.78 is 5.38. The predicted molar refractivity (Wildman–Crippen MR) is 59.3 cm³/mol. The molecule has 2 nitrogen and oxygen atoms in total. The van der Waals surface area contributed by atoms with Crippen LogP contribution in [0.4, 0.5) is 0 Å². The summed E-state index contributed by atoms with van der Waals surface area (Å²) >= 11 is 0. The summed E-state index contributed by atoms with van der Waals surface area (Å²) in [6.45, 7) is 9.57. The minimum Gasteiger partial charge on any atom is -0.468 e. The van der Waals surface area contributed by atoms with Gasteiger partial charge in [0, 0.05) is 5.54 Å². The maximum absolute atomic E-state index is 5.38. The van der Waals surface area contributed by atoms with Crippen LogP contribution in [0.25, 0.3) is 0 Å². The molecule has 0 saturated heterocycles. The van der Waals surface area contributed by atoms with Gasteiger partial charge in [-0.25, -0.2) is 0 Å². The van der Waals surface area contributed by atoms with Gasteiger partial charge in [-0.15, -0.1) is 0 Å². The first-order valence-corrected chi connectivity index (χ1v) is 5.33. The Hall–Kier alpha value is -0.760. The van der Waals surface area contributed by atoms with E-state index in [1.165, 1.54) is 18.4 Å². The molecule has 0 aromatic carbocycles. The van der Waals surface area contributed by atoms with Crippen molar-refractivity contribution >= 4 is 0 Å². The number of aryl methyl sites for hydroxylation is 1. The molecule has 1 N–H and O–H groups in total. The topological polar surface area (TPSA) is 25.2 Å². The zero-order valence-electron chi connectivity index (χ0n) is 9.68. The second kappa shape index (κ2) is 4.65. The third kappa shape index (κ3) is 3.18. The largest absolute Gasteiger partial charge is 0.468 e. The van der Waals surface area contributed by atoms with Gasteiger partial charge in [-0.05, 0) is 38.8 Å². The van der Waals surface area contributed by atoms with Crippen LogP contribution >= 0.6 is 0 Å². The van der Waals surface area contributed by atoms with E-state index in [2.05, 4.69) is 33.0 Å². The fraction of sp³-hybridized carbons (Fsp3) is 0.667. The number of hydrogen-bond acceptors (Lipinski definition) is 2. The van der Waals surface area contributed by atoms with Gasteiger partial charge >= 0.3 is 0 Å². The van der Waals surface area contributed by atoms with Crippen LogP contribution in [0.2, 0.25) is 0 Å². The summed E-state index contributed by atoms with van der Waals surface area (Å²) in [5.41, 5.74) is 1.43. The summed E-state index contributed by atoms with van der Waals surface area (Å²) in [6, 6.07) is 2.00. The van der Waals surface area contributed by atoms with E-state index in [9.17, 15) is 0 Å². The zero-order chi connectivity index (χ0) is 10.6. The normalized spacial score (nSPS) is 12.0. The molecule has 0 amide bonds. The van der Waals surface area contributed by atoms with Gasteiger partial charge in [0.2, 0.25) is 0 Å². The minimum absolute atomic E-state index is 0.202. The van der Waals surface area contributed by atoms with Crippen molar-refractivity contribution in [2.45, 2.75) is 52.6 Å². The molecule has 1 rings (SSSR count). The molecule has 0 bridgehead atoms. The first kappa shape index (κ1) is 11.3. The van der Waals surface area contributed by atoms with E-state index in [0.29, 0.717) is 0 Å². The molecule has 1 aromatic heterocycles. The van der Waals surface area contributed by atoms with Crippen LogP contribution in [-0.2, 0) is 6.54 Å². The molecule has 2 heteroatoms. The molecular weight excluding hydrogens is 174 g/mol. The minimum atomic E-state index is 0.202. The zero-order valence-corrected chi connectivity index (χ0v) is 9.68. The fourth-order valence-corrected chi connectivity index (χ4v) is 1.62. The van der Waals surface area contributed by atoms with Crippen molar-refractivity contribution in [3.8, 4) is 0 Å². The second-order valence-electron chi connectivity index (χ2n) is 4.51. The molecule has 0 aliphatic carbocycles. The van der Waals surface area contributed by atoms with E-state index < -0.39 is 0 Å². The Kier molecular flexibility index (Phi) is 3.76. The van der Waals surface area contributed by atoms with Gasteiger partial charge in [0.25, 0.3) is 0 Å². The lowest BCUT2D eigenvalue weighted by molar-refractivity contribution is 0.337. The average molecular weight is 195 g/mol. The number of rotatable bonds is 5. The van der Waals surface area contributed by atoms with Crippen molar-refractivity contribution in [3.63, 3.8) is 0 Å². The molecule has 0 aliphatic rings. The fourth-order valence-electron chi connectivity index (χ4n) is 1.62. The monoisotopic (exact) mass is 195 g/mol. The van der Waals surface area contributed by atoms with Gasteiger partial charge in [0.05, 0.1) is 12.8 Å². The third-order valence-electron chi connectivity index (χ3n) is 2.57. The molecule has 1 aromatic rings. The standard InChI is InChI=1S/C12H21NO/c1-5-7-12(3,4)13-9-11-10(2)6-8-14-11/h6,8,13H,5,7,9H2,1-4H3. The van der Waals surface area contributed by atoms with Gasteiger partial charge in [-0.2, -0.15) is 0 Å². The van der Waals surface area contributed by atoms with Crippen molar-refractivity contribution in [1.29, 1.82) is 0 Å². The first-order chi connectivity index (χ1) is 6.55. The molecule has 0 fully saturated rings. The van der Waals surface area contributed by atoms with Gasteiger partial charge < -0.3 is 9.73 Å². The second-order valence-corrected chi connectivity index (χ2v) is 4.51. The summed E-state index contributed by atoms with van der Waals surface area (Å²) in [6.07, 6.45) is 4.14. The lowest BCUT2D eigenvalue weighted by Gasteiger charge is -2.25. The number of furan rings is 1. The van der Waals surface area contributed by atoms with Crippen LogP contribution in [0.1, 0.15) is 44.9 Å². The molecule has 0 spiro atoms. The Morgan fingerprint density at radius 2 is 2.14 bits per heavy atom. The van der Waals surface area contributed by atoms with E-state index >= 15 is 0 Å². The van der Waals surface area contributed by atoms with Gasteiger partial charge in [-0.1, -0.05) is 13.3 Å². The lowest BCUT2D eigenvalue weighted by atomic mass is 9.99. The quantitative estimate of drug-likeness (QED) is 0.780. The molecule has 1 heterocycles. The highest BCUT2D eigenvalue weighted by atomic mass is 16.3. The molecular formula is C12H21NO. The maximum Gasteiger partial charge on any atom is 0.120 e. The van der Waals surface area contributed by atoms with Crippen LogP contribution in [0.15, 0.2) is 16.7 Å². The highest BCUT2D eigenvalue weighted by Gasteiger charge is 2.16. The van der Waals surface area contributed by atoms with E-state index in [4.69, 9.17) is 4.42 Å². The highest BCUT2D eigenvalue weighted by molar-refractivity contribution is 5.14. The smallest absolute Gasteiger partial charge is 0.120 e. The molecule has 0 saturated carbocycles. The Balaban J connectivity index is 2.44. The van der Waals surface area contributed by atoms with E-state index in [1.54, 1.807) is 6.26 Å². The summed E-state index contributed by atoms with van der Waals surface area (Å²) in [5, 5.41) is 3.51. The van der Waals surface area contributed by atoms with Crippen molar-refractivity contribution in [2.75, 3.05) is 0 Å². The highest BCUT2D eigenvalue weighted by Crippen LogP contribution is 2.14. The molecule has 0 atom stereocenters. The summed E-state index contributed by atoms with van der Waals surface area (Å²) in [7, 11) is 0. The molecule has 0 unspecified atom stereocenters.